The van der Waals surface area contributed by atoms with Crippen molar-refractivity contribution < 1.29 is 0 Å². The standard InChI is InChI=1S/C5H5ClN2.2C2H6/c6-4-1-2-8-3-5(4)7;2*1-2/h1-3H,7H2;2*1-2H3. The number of hydrogen-bond donors (Lipinski definition) is 1. The van der Waals surface area contributed by atoms with Crippen LogP contribution in [0.2, 0.25) is 5.02 Å². The minimum Gasteiger partial charge on any atom is -0.396 e. The third-order valence-corrected chi connectivity index (χ3v) is 1.14. The first-order valence-corrected chi connectivity index (χ1v) is 4.53. The molecule has 2 N–H and O–H groups in total. The predicted molar refractivity (Wildman–Crippen MR) is 56.4 cm³/mol. The maximum Gasteiger partial charge on any atom is 0.0689 e. The van der Waals surface area contributed by atoms with E-state index in [0.29, 0.717) is 10.7 Å². The molecule has 0 bridgehead atoms. The first kappa shape index (κ1) is 13.8. The number of nitrogens with zero attached hydrogens (tertiary/aromatic N) is 1. The fourth-order valence-corrected chi connectivity index (χ4v) is 0.495. The molecule has 3 heteroatoms. The van der Waals surface area contributed by atoms with Gasteiger partial charge >= 0.3 is 0 Å². The molecule has 0 saturated heterocycles. The van der Waals surface area contributed by atoms with Gasteiger partial charge in [-0.3, -0.25) is 4.98 Å². The maximum atomic E-state index is 5.54. The van der Waals surface area contributed by atoms with Crippen molar-refractivity contribution in [3.8, 4) is 0 Å². The Balaban J connectivity index is 0. The van der Waals surface area contributed by atoms with Gasteiger partial charge in [0.25, 0.3) is 0 Å². The van der Waals surface area contributed by atoms with Crippen molar-refractivity contribution in [2.45, 2.75) is 27.7 Å². The van der Waals surface area contributed by atoms with Crippen LogP contribution in [0.3, 0.4) is 0 Å². The second-order valence-corrected chi connectivity index (χ2v) is 1.80. The number of nitrogens with two attached hydrogens (primary N) is 1. The molecule has 70 valence electrons. The lowest BCUT2D eigenvalue weighted by atomic mass is 10.4. The molecule has 0 unspecified atom stereocenters. The Labute approximate surface area is 79.8 Å². The van der Waals surface area contributed by atoms with Crippen LogP contribution in [0.5, 0.6) is 0 Å². The first-order chi connectivity index (χ1) is 5.80. The molecule has 0 spiro atoms. The molecular formula is C9H17ClN2. The largest absolute Gasteiger partial charge is 0.396 e. The molecule has 0 aliphatic rings. The van der Waals surface area contributed by atoms with Crippen LogP contribution in [0.15, 0.2) is 18.5 Å². The van der Waals surface area contributed by atoms with Crippen LogP contribution in [0, 0.1) is 0 Å². The molecule has 1 heterocycles. The SMILES string of the molecule is CC.CC.Nc1cnccc1Cl. The summed E-state index contributed by atoms with van der Waals surface area (Å²) in [5.74, 6) is 0. The zero-order valence-electron chi connectivity index (χ0n) is 8.13. The highest BCUT2D eigenvalue weighted by Gasteiger charge is 1.88. The molecule has 0 saturated carbocycles. The van der Waals surface area contributed by atoms with Crippen molar-refractivity contribution >= 4 is 17.3 Å². The van der Waals surface area contributed by atoms with Crippen LogP contribution in [0.4, 0.5) is 5.69 Å². The smallest absolute Gasteiger partial charge is 0.0689 e. The molecule has 0 aliphatic carbocycles. The Morgan fingerprint density at radius 3 is 2.00 bits per heavy atom. The lowest BCUT2D eigenvalue weighted by Gasteiger charge is -1.90. The number of hydrogen-bond acceptors (Lipinski definition) is 2. The number of pyridine rings is 1. The molecule has 12 heavy (non-hydrogen) atoms. The normalized spacial score (nSPS) is 7.08. The van der Waals surface area contributed by atoms with Gasteiger partial charge in [0, 0.05) is 6.20 Å². The minimum absolute atomic E-state index is 0.522. The summed E-state index contributed by atoms with van der Waals surface area (Å²) in [7, 11) is 0. The molecule has 0 aromatic carbocycles. The van der Waals surface area contributed by atoms with E-state index in [0.717, 1.165) is 0 Å². The molecule has 0 radical (unpaired) electrons. The van der Waals surface area contributed by atoms with Gasteiger partial charge in [-0.2, -0.15) is 0 Å². The quantitative estimate of drug-likeness (QED) is 0.678. The van der Waals surface area contributed by atoms with Crippen molar-refractivity contribution in [2.24, 2.45) is 0 Å². The van der Waals surface area contributed by atoms with Gasteiger partial charge < -0.3 is 5.73 Å². The summed E-state index contributed by atoms with van der Waals surface area (Å²) in [4.78, 5) is 3.74. The number of nitrogen functional groups attached to an aromatic ring is 1. The van der Waals surface area contributed by atoms with E-state index in [1.807, 2.05) is 27.7 Å². The second-order valence-electron chi connectivity index (χ2n) is 1.40. The maximum absolute atomic E-state index is 5.54. The van der Waals surface area contributed by atoms with Crippen molar-refractivity contribution in [1.29, 1.82) is 0 Å². The van der Waals surface area contributed by atoms with Gasteiger partial charge in [-0.05, 0) is 6.07 Å². The lowest BCUT2D eigenvalue weighted by Crippen LogP contribution is -1.85. The molecular weight excluding hydrogens is 172 g/mol. The molecule has 1 aromatic heterocycles. The molecule has 0 amide bonds. The van der Waals surface area contributed by atoms with E-state index in [1.54, 1.807) is 12.3 Å². The number of halogens is 1. The number of aromatic nitrogens is 1. The fourth-order valence-electron chi connectivity index (χ4n) is 0.390. The van der Waals surface area contributed by atoms with Crippen molar-refractivity contribution in [1.82, 2.24) is 4.98 Å². The highest BCUT2D eigenvalue weighted by Crippen LogP contribution is 2.13. The fraction of sp³-hybridized carbons (Fsp3) is 0.444. The third kappa shape index (κ3) is 5.98. The molecule has 2 nitrogen and oxygen atoms in total. The summed E-state index contributed by atoms with van der Waals surface area (Å²) < 4.78 is 0. The van der Waals surface area contributed by atoms with E-state index >= 15 is 0 Å². The minimum atomic E-state index is 0.522. The molecule has 1 rings (SSSR count). The molecule has 0 aliphatic heterocycles. The summed E-state index contributed by atoms with van der Waals surface area (Å²) in [5.41, 5.74) is 5.85. The van der Waals surface area contributed by atoms with Crippen LogP contribution < -0.4 is 5.73 Å². The Morgan fingerprint density at radius 1 is 1.25 bits per heavy atom. The molecule has 0 fully saturated rings. The van der Waals surface area contributed by atoms with Crippen LogP contribution in [-0.2, 0) is 0 Å². The van der Waals surface area contributed by atoms with E-state index in [-0.39, 0.29) is 0 Å². The zero-order chi connectivity index (χ0) is 9.98. The van der Waals surface area contributed by atoms with E-state index in [1.165, 1.54) is 6.20 Å². The van der Waals surface area contributed by atoms with Crippen molar-refractivity contribution in [3.63, 3.8) is 0 Å². The van der Waals surface area contributed by atoms with Gasteiger partial charge in [-0.25, -0.2) is 0 Å². The zero-order valence-corrected chi connectivity index (χ0v) is 8.89. The van der Waals surface area contributed by atoms with Gasteiger partial charge in [0.05, 0.1) is 16.9 Å². The Hall–Kier alpha value is -0.760. The summed E-state index contributed by atoms with van der Waals surface area (Å²) in [5, 5.41) is 0.556. The summed E-state index contributed by atoms with van der Waals surface area (Å²) in [6, 6.07) is 1.65. The Morgan fingerprint density at radius 2 is 1.75 bits per heavy atom. The number of rotatable bonds is 0. The van der Waals surface area contributed by atoms with E-state index in [4.69, 9.17) is 17.3 Å². The topological polar surface area (TPSA) is 38.9 Å². The van der Waals surface area contributed by atoms with Gasteiger partial charge in [0.2, 0.25) is 0 Å². The molecule has 0 atom stereocenters. The first-order valence-electron chi connectivity index (χ1n) is 4.15. The van der Waals surface area contributed by atoms with Crippen LogP contribution >= 0.6 is 11.6 Å². The summed E-state index contributed by atoms with van der Waals surface area (Å²) in [6.07, 6.45) is 3.11. The van der Waals surface area contributed by atoms with Gasteiger partial charge in [0.15, 0.2) is 0 Å². The van der Waals surface area contributed by atoms with Gasteiger partial charge in [-0.15, -0.1) is 0 Å². The van der Waals surface area contributed by atoms with Crippen LogP contribution in [0.25, 0.3) is 0 Å². The van der Waals surface area contributed by atoms with E-state index in [9.17, 15) is 0 Å². The monoisotopic (exact) mass is 188 g/mol. The second kappa shape index (κ2) is 10.2. The molecule has 1 aromatic rings. The summed E-state index contributed by atoms with van der Waals surface area (Å²) >= 11 is 5.54. The van der Waals surface area contributed by atoms with E-state index < -0.39 is 0 Å². The third-order valence-electron chi connectivity index (χ3n) is 0.796. The van der Waals surface area contributed by atoms with Gasteiger partial charge in [-0.1, -0.05) is 39.3 Å². The van der Waals surface area contributed by atoms with Crippen LogP contribution in [0.1, 0.15) is 27.7 Å². The Kier molecular flexibility index (Phi) is 11.8. The van der Waals surface area contributed by atoms with E-state index in [2.05, 4.69) is 4.98 Å². The highest BCUT2D eigenvalue weighted by molar-refractivity contribution is 6.32. The average molecular weight is 189 g/mol. The van der Waals surface area contributed by atoms with Crippen LogP contribution in [-0.4, -0.2) is 4.98 Å². The Bertz CT molecular complexity index is 169. The summed E-state index contributed by atoms with van der Waals surface area (Å²) in [6.45, 7) is 8.00. The average Bonchev–Trinajstić information content (AvgIpc) is 2.17. The van der Waals surface area contributed by atoms with Crippen molar-refractivity contribution in [3.05, 3.63) is 23.5 Å². The highest BCUT2D eigenvalue weighted by atomic mass is 35.5. The van der Waals surface area contributed by atoms with Crippen molar-refractivity contribution in [2.75, 3.05) is 5.73 Å². The predicted octanol–water partition coefficient (Wildman–Crippen LogP) is 3.37. The van der Waals surface area contributed by atoms with Gasteiger partial charge in [0.1, 0.15) is 0 Å². The number of anilines is 1. The lowest BCUT2D eigenvalue weighted by molar-refractivity contribution is 1.33.